The molecular formula is C26H38N2O17. The number of aliphatic hydroxyl groups excluding tert-OH is 8. The molecule has 4 rings (SSSR count). The fourth-order valence-electron chi connectivity index (χ4n) is 5.25. The number of hydrogen-bond acceptors (Lipinski definition) is 17. The summed E-state index contributed by atoms with van der Waals surface area (Å²) < 4.78 is 34.2. The van der Waals surface area contributed by atoms with Crippen LogP contribution in [0.3, 0.4) is 0 Å². The second kappa shape index (κ2) is 14.9. The highest BCUT2D eigenvalue weighted by molar-refractivity contribution is 5.73. The van der Waals surface area contributed by atoms with Crippen LogP contribution in [0.5, 0.6) is 5.75 Å². The van der Waals surface area contributed by atoms with Crippen LogP contribution in [0.1, 0.15) is 13.8 Å². The quantitative estimate of drug-likeness (QED) is 0.0853. The summed E-state index contributed by atoms with van der Waals surface area (Å²) in [5, 5.41) is 96.8. The van der Waals surface area contributed by atoms with Crippen molar-refractivity contribution in [3.05, 3.63) is 34.4 Å². The van der Waals surface area contributed by atoms with E-state index in [1.807, 2.05) is 0 Å². The molecule has 9 N–H and O–H groups in total. The maximum absolute atomic E-state index is 12.1. The largest absolute Gasteiger partial charge is 0.463 e. The van der Waals surface area contributed by atoms with Crippen molar-refractivity contribution < 1.29 is 79.0 Å². The van der Waals surface area contributed by atoms with E-state index in [1.54, 1.807) is 0 Å². The van der Waals surface area contributed by atoms with Crippen LogP contribution >= 0.6 is 0 Å². The zero-order valence-corrected chi connectivity index (χ0v) is 24.1. The fourth-order valence-corrected chi connectivity index (χ4v) is 5.25. The summed E-state index contributed by atoms with van der Waals surface area (Å²) in [5.41, 5.74) is -0.226. The number of nitrogens with zero attached hydrogens (tertiary/aromatic N) is 1. The third kappa shape index (κ3) is 7.68. The van der Waals surface area contributed by atoms with Crippen molar-refractivity contribution in [2.24, 2.45) is 0 Å². The van der Waals surface area contributed by atoms with Crippen molar-refractivity contribution >= 4 is 11.6 Å². The van der Waals surface area contributed by atoms with Crippen LogP contribution in [-0.4, -0.2) is 157 Å². The Morgan fingerprint density at radius 2 is 1.40 bits per heavy atom. The molecule has 1 aromatic carbocycles. The number of rotatable bonds is 10. The van der Waals surface area contributed by atoms with Crippen LogP contribution in [-0.2, 0) is 28.5 Å². The molecule has 3 heterocycles. The summed E-state index contributed by atoms with van der Waals surface area (Å²) >= 11 is 0. The number of amides is 1. The summed E-state index contributed by atoms with van der Waals surface area (Å²) in [6, 6.07) is 3.45. The van der Waals surface area contributed by atoms with Crippen molar-refractivity contribution in [1.82, 2.24) is 5.32 Å². The number of ether oxygens (including phenoxy) is 6. The summed E-state index contributed by atoms with van der Waals surface area (Å²) in [5.74, 6) is -0.572. The summed E-state index contributed by atoms with van der Waals surface area (Å²) in [6.45, 7) is 0.923. The Bertz CT molecular complexity index is 1140. The van der Waals surface area contributed by atoms with Crippen LogP contribution in [0.4, 0.5) is 5.69 Å². The Hall–Kier alpha value is -2.63. The van der Waals surface area contributed by atoms with E-state index < -0.39 is 116 Å². The predicted molar refractivity (Wildman–Crippen MR) is 143 cm³/mol. The molecule has 1 aromatic rings. The van der Waals surface area contributed by atoms with Gasteiger partial charge < -0.3 is 74.6 Å². The van der Waals surface area contributed by atoms with Gasteiger partial charge in [-0.05, 0) is 19.1 Å². The molecule has 15 atom stereocenters. The minimum absolute atomic E-state index is 0.0590. The minimum atomic E-state index is -1.87. The molecule has 0 radical (unpaired) electrons. The van der Waals surface area contributed by atoms with Gasteiger partial charge in [-0.2, -0.15) is 0 Å². The number of nitrogens with one attached hydrogen (secondary N) is 1. The molecule has 19 heteroatoms. The Morgan fingerprint density at radius 3 is 1.98 bits per heavy atom. The van der Waals surface area contributed by atoms with Gasteiger partial charge in [0.05, 0.1) is 24.2 Å². The Morgan fingerprint density at radius 1 is 0.800 bits per heavy atom. The fraction of sp³-hybridized carbons (Fsp3) is 0.731. The van der Waals surface area contributed by atoms with E-state index in [0.29, 0.717) is 0 Å². The van der Waals surface area contributed by atoms with E-state index in [1.165, 1.54) is 19.1 Å². The lowest BCUT2D eigenvalue weighted by atomic mass is 9.95. The van der Waals surface area contributed by atoms with Gasteiger partial charge in [0.2, 0.25) is 12.2 Å². The van der Waals surface area contributed by atoms with Crippen LogP contribution in [0.2, 0.25) is 0 Å². The number of carbonyl (C=O) groups is 1. The molecule has 0 unspecified atom stereocenters. The average molecular weight is 651 g/mol. The molecule has 3 fully saturated rings. The lowest BCUT2D eigenvalue weighted by Crippen LogP contribution is -2.69. The first kappa shape index (κ1) is 35.2. The van der Waals surface area contributed by atoms with Gasteiger partial charge in [-0.1, -0.05) is 0 Å². The Kier molecular flexibility index (Phi) is 11.6. The predicted octanol–water partition coefficient (Wildman–Crippen LogP) is -4.41. The number of non-ortho nitro benzene ring substituents is 1. The standard InChI is InChI=1S/C26H38N2O17/c1-9-16(32)19(35)21(37)25(40-9)45-23-20(36)17(33)13(7-29)42-26(23)44-22-14(8-30)43-24(15(18(22)34)27-10(2)31)41-12-5-3-11(4-6-12)28(38)39/h3-6,9,13-26,29-30,32-37H,7-8H2,1-2H3,(H,27,31)/t9-,13+,14+,15+,16+,17-,18+,19+,20-,21-,22+,23+,24+,25-,26-/m0/s1. The van der Waals surface area contributed by atoms with Crippen LogP contribution in [0.25, 0.3) is 0 Å². The summed E-state index contributed by atoms with van der Waals surface area (Å²) in [4.78, 5) is 22.4. The molecule has 45 heavy (non-hydrogen) atoms. The first-order valence-corrected chi connectivity index (χ1v) is 14.0. The zero-order valence-electron chi connectivity index (χ0n) is 24.1. The topological polar surface area (TPSA) is 289 Å². The SMILES string of the molecule is CC(=O)N[C@H]1[C@H](Oc2ccc([N+](=O)[O-])cc2)O[C@H](CO)[C@@H](O[C@@H]2O[C@H](CO)[C@H](O)[C@H](O)[C@H]2O[C@@H]2O[C@@H](C)[C@@H](O)[C@@H](O)[C@@H]2O)[C@@H]1O. The highest BCUT2D eigenvalue weighted by atomic mass is 16.8. The molecule has 3 aliphatic rings. The van der Waals surface area contributed by atoms with Crippen molar-refractivity contribution in [3.8, 4) is 5.75 Å². The van der Waals surface area contributed by atoms with E-state index >= 15 is 0 Å². The smallest absolute Gasteiger partial charge is 0.269 e. The number of carbonyl (C=O) groups excluding carboxylic acids is 1. The first-order chi connectivity index (χ1) is 21.3. The lowest BCUT2D eigenvalue weighted by Gasteiger charge is -2.49. The molecule has 19 nitrogen and oxygen atoms in total. The average Bonchev–Trinajstić information content (AvgIpc) is 3.01. The Labute approximate surface area is 255 Å². The molecule has 0 aliphatic carbocycles. The minimum Gasteiger partial charge on any atom is -0.463 e. The van der Waals surface area contributed by atoms with E-state index in [4.69, 9.17) is 28.4 Å². The maximum atomic E-state index is 12.1. The summed E-state index contributed by atoms with van der Waals surface area (Å²) in [7, 11) is 0. The molecule has 0 saturated carbocycles. The van der Waals surface area contributed by atoms with Crippen molar-refractivity contribution in [2.75, 3.05) is 13.2 Å². The molecule has 3 saturated heterocycles. The second-order valence-electron chi connectivity index (χ2n) is 10.9. The number of aliphatic hydroxyl groups is 8. The van der Waals surface area contributed by atoms with E-state index in [2.05, 4.69) is 5.32 Å². The number of nitro benzene ring substituents is 1. The third-order valence-corrected chi connectivity index (χ3v) is 7.74. The van der Waals surface area contributed by atoms with E-state index in [-0.39, 0.29) is 11.4 Å². The normalized spacial score (nSPS) is 42.1. The maximum Gasteiger partial charge on any atom is 0.269 e. The van der Waals surface area contributed by atoms with Gasteiger partial charge in [-0.15, -0.1) is 0 Å². The van der Waals surface area contributed by atoms with Gasteiger partial charge in [0.15, 0.2) is 12.6 Å². The molecule has 1 amide bonds. The number of hydrogen-bond donors (Lipinski definition) is 9. The molecule has 0 aromatic heterocycles. The molecule has 0 bridgehead atoms. The van der Waals surface area contributed by atoms with Gasteiger partial charge in [-0.3, -0.25) is 14.9 Å². The number of benzene rings is 1. The van der Waals surface area contributed by atoms with Crippen molar-refractivity contribution in [3.63, 3.8) is 0 Å². The van der Waals surface area contributed by atoms with Gasteiger partial charge in [0.25, 0.3) is 5.69 Å². The van der Waals surface area contributed by atoms with Gasteiger partial charge >= 0.3 is 0 Å². The van der Waals surface area contributed by atoms with Crippen LogP contribution in [0.15, 0.2) is 24.3 Å². The van der Waals surface area contributed by atoms with Crippen LogP contribution < -0.4 is 10.1 Å². The molecule has 0 spiro atoms. The number of nitro groups is 1. The highest BCUT2D eigenvalue weighted by Gasteiger charge is 2.54. The van der Waals surface area contributed by atoms with Crippen LogP contribution in [0, 0.1) is 10.1 Å². The molecule has 3 aliphatic heterocycles. The van der Waals surface area contributed by atoms with Crippen molar-refractivity contribution in [1.29, 1.82) is 0 Å². The summed E-state index contributed by atoms with van der Waals surface area (Å²) in [6.07, 6.45) is -22.4. The second-order valence-corrected chi connectivity index (χ2v) is 10.9. The molecular weight excluding hydrogens is 612 g/mol. The van der Waals surface area contributed by atoms with Gasteiger partial charge in [0.1, 0.15) is 72.8 Å². The molecule has 254 valence electrons. The highest BCUT2D eigenvalue weighted by Crippen LogP contribution is 2.33. The lowest BCUT2D eigenvalue weighted by molar-refractivity contribution is -0.385. The van der Waals surface area contributed by atoms with Crippen molar-refractivity contribution in [2.45, 2.75) is 106 Å². The van der Waals surface area contributed by atoms with E-state index in [0.717, 1.165) is 19.1 Å². The third-order valence-electron chi connectivity index (χ3n) is 7.74. The first-order valence-electron chi connectivity index (χ1n) is 14.0. The van der Waals surface area contributed by atoms with E-state index in [9.17, 15) is 55.8 Å². The Balaban J connectivity index is 1.58. The van der Waals surface area contributed by atoms with Gasteiger partial charge in [0, 0.05) is 19.1 Å². The van der Waals surface area contributed by atoms with Gasteiger partial charge in [-0.25, -0.2) is 0 Å². The zero-order chi connectivity index (χ0) is 33.2. The monoisotopic (exact) mass is 650 g/mol.